The van der Waals surface area contributed by atoms with Crippen molar-refractivity contribution in [1.29, 1.82) is 0 Å². The number of amides is 2. The monoisotopic (exact) mass is 386 g/mol. The van der Waals surface area contributed by atoms with Crippen LogP contribution in [0, 0.1) is 23.4 Å². The third kappa shape index (κ3) is 3.35. The zero-order valence-corrected chi connectivity index (χ0v) is 14.2. The highest BCUT2D eigenvalue weighted by Gasteiger charge is 2.52. The SMILES string of the molecule is O=C1NC2(CO1)CN(C(=O)O[C@H]1C[C@H](COc3ccc(F)c(F)c3F)C1)C2. The zero-order chi connectivity index (χ0) is 19.2. The van der Waals surface area contributed by atoms with Gasteiger partial charge in [-0.05, 0) is 30.9 Å². The molecule has 3 fully saturated rings. The van der Waals surface area contributed by atoms with Crippen molar-refractivity contribution in [2.24, 2.45) is 5.92 Å². The minimum absolute atomic E-state index is 0.0283. The highest BCUT2D eigenvalue weighted by molar-refractivity contribution is 5.74. The van der Waals surface area contributed by atoms with Gasteiger partial charge in [0.25, 0.3) is 0 Å². The molecule has 0 atom stereocenters. The number of nitrogens with zero attached hydrogens (tertiary/aromatic N) is 1. The maximum absolute atomic E-state index is 13.5. The number of cyclic esters (lactones) is 1. The van der Waals surface area contributed by atoms with Gasteiger partial charge in [0.15, 0.2) is 17.4 Å². The molecular weight excluding hydrogens is 369 g/mol. The molecule has 1 aromatic carbocycles. The van der Waals surface area contributed by atoms with Crippen LogP contribution in [0.1, 0.15) is 12.8 Å². The average Bonchev–Trinajstić information content (AvgIpc) is 2.97. The normalized spacial score (nSPS) is 25.3. The lowest BCUT2D eigenvalue weighted by molar-refractivity contribution is -0.0360. The third-order valence-corrected chi connectivity index (χ3v) is 5.03. The second kappa shape index (κ2) is 6.50. The average molecular weight is 386 g/mol. The summed E-state index contributed by atoms with van der Waals surface area (Å²) in [6, 6.07) is 1.84. The van der Waals surface area contributed by atoms with Gasteiger partial charge < -0.3 is 24.4 Å². The topological polar surface area (TPSA) is 77.1 Å². The molecule has 7 nitrogen and oxygen atoms in total. The molecule has 0 bridgehead atoms. The molecule has 0 aromatic heterocycles. The highest BCUT2D eigenvalue weighted by atomic mass is 19.2. The van der Waals surface area contributed by atoms with Crippen LogP contribution in [-0.2, 0) is 9.47 Å². The van der Waals surface area contributed by atoms with E-state index in [1.165, 1.54) is 4.90 Å². The van der Waals surface area contributed by atoms with Gasteiger partial charge in [-0.2, -0.15) is 4.39 Å². The Morgan fingerprint density at radius 1 is 1.26 bits per heavy atom. The molecule has 1 aliphatic carbocycles. The first kappa shape index (κ1) is 17.7. The minimum Gasteiger partial charge on any atom is -0.490 e. The molecule has 2 heterocycles. The Hall–Kier alpha value is -2.65. The van der Waals surface area contributed by atoms with E-state index in [9.17, 15) is 22.8 Å². The summed E-state index contributed by atoms with van der Waals surface area (Å²) in [4.78, 5) is 24.6. The molecule has 2 amide bonds. The van der Waals surface area contributed by atoms with Crippen LogP contribution in [0.3, 0.4) is 0 Å². The molecule has 146 valence electrons. The molecule has 1 saturated carbocycles. The molecule has 4 rings (SSSR count). The van der Waals surface area contributed by atoms with Gasteiger partial charge in [-0.15, -0.1) is 0 Å². The number of halogens is 3. The van der Waals surface area contributed by atoms with E-state index in [-0.39, 0.29) is 31.0 Å². The number of benzene rings is 1. The quantitative estimate of drug-likeness (QED) is 0.803. The van der Waals surface area contributed by atoms with E-state index < -0.39 is 35.2 Å². The predicted octanol–water partition coefficient (Wildman–Crippen LogP) is 2.19. The molecule has 2 aliphatic heterocycles. The maximum Gasteiger partial charge on any atom is 0.410 e. The van der Waals surface area contributed by atoms with Crippen LogP contribution in [0.15, 0.2) is 12.1 Å². The Kier molecular flexibility index (Phi) is 4.27. The van der Waals surface area contributed by atoms with Gasteiger partial charge in [-0.3, -0.25) is 0 Å². The molecule has 0 unspecified atom stereocenters. The van der Waals surface area contributed by atoms with E-state index in [1.807, 2.05) is 0 Å². The summed E-state index contributed by atoms with van der Waals surface area (Å²) in [7, 11) is 0. The van der Waals surface area contributed by atoms with E-state index in [0.717, 1.165) is 12.1 Å². The number of carbonyl (C=O) groups is 2. The van der Waals surface area contributed by atoms with E-state index in [0.29, 0.717) is 25.9 Å². The van der Waals surface area contributed by atoms with Crippen molar-refractivity contribution in [3.8, 4) is 5.75 Å². The van der Waals surface area contributed by atoms with E-state index in [2.05, 4.69) is 5.32 Å². The summed E-state index contributed by atoms with van der Waals surface area (Å²) >= 11 is 0. The van der Waals surface area contributed by atoms with E-state index in [4.69, 9.17) is 14.2 Å². The zero-order valence-electron chi connectivity index (χ0n) is 14.2. The van der Waals surface area contributed by atoms with Gasteiger partial charge in [0.2, 0.25) is 5.82 Å². The lowest BCUT2D eigenvalue weighted by atomic mass is 9.83. The van der Waals surface area contributed by atoms with Gasteiger partial charge in [-0.25, -0.2) is 18.4 Å². The summed E-state index contributed by atoms with van der Waals surface area (Å²) < 4.78 is 54.9. The second-order valence-electron chi connectivity index (χ2n) is 7.17. The number of nitrogens with one attached hydrogen (secondary N) is 1. The Morgan fingerprint density at radius 3 is 2.67 bits per heavy atom. The van der Waals surface area contributed by atoms with E-state index >= 15 is 0 Å². The molecule has 0 radical (unpaired) electrons. The first-order chi connectivity index (χ1) is 12.8. The first-order valence-corrected chi connectivity index (χ1v) is 8.52. The fourth-order valence-electron chi connectivity index (χ4n) is 3.43. The molecule has 1 spiro atoms. The van der Waals surface area contributed by atoms with Gasteiger partial charge >= 0.3 is 12.2 Å². The Morgan fingerprint density at radius 2 is 2.00 bits per heavy atom. The fourth-order valence-corrected chi connectivity index (χ4v) is 3.43. The van der Waals surface area contributed by atoms with Gasteiger partial charge in [-0.1, -0.05) is 0 Å². The summed E-state index contributed by atoms with van der Waals surface area (Å²) in [6.45, 7) is 1.03. The van der Waals surface area contributed by atoms with Crippen molar-refractivity contribution in [1.82, 2.24) is 10.2 Å². The highest BCUT2D eigenvalue weighted by Crippen LogP contribution is 2.33. The second-order valence-corrected chi connectivity index (χ2v) is 7.17. The Bertz CT molecular complexity index is 778. The Balaban J connectivity index is 1.17. The minimum atomic E-state index is -1.57. The molecule has 1 N–H and O–H groups in total. The van der Waals surface area contributed by atoms with E-state index in [1.54, 1.807) is 0 Å². The molecular formula is C17H17F3N2O5. The summed E-state index contributed by atoms with van der Waals surface area (Å²) in [5.74, 6) is -4.51. The van der Waals surface area contributed by atoms with Crippen molar-refractivity contribution in [2.45, 2.75) is 24.5 Å². The van der Waals surface area contributed by atoms with Crippen LogP contribution in [0.4, 0.5) is 22.8 Å². The maximum atomic E-state index is 13.5. The molecule has 3 aliphatic rings. The number of likely N-dealkylation sites (tertiary alicyclic amines) is 1. The Labute approximate surface area is 152 Å². The smallest absolute Gasteiger partial charge is 0.410 e. The number of alkyl carbamates (subject to hydrolysis) is 1. The number of carbonyl (C=O) groups excluding carboxylic acids is 2. The number of rotatable bonds is 4. The lowest BCUT2D eigenvalue weighted by Crippen LogP contribution is -2.70. The fraction of sp³-hybridized carbons (Fsp3) is 0.529. The van der Waals surface area contributed by atoms with Crippen molar-refractivity contribution in [2.75, 3.05) is 26.3 Å². The predicted molar refractivity (Wildman–Crippen MR) is 83.6 cm³/mol. The molecule has 10 heteroatoms. The summed E-state index contributed by atoms with van der Waals surface area (Å²) in [5.41, 5.74) is -0.499. The molecule has 27 heavy (non-hydrogen) atoms. The molecule has 2 saturated heterocycles. The van der Waals surface area contributed by atoms with Crippen molar-refractivity contribution >= 4 is 12.2 Å². The van der Waals surface area contributed by atoms with Gasteiger partial charge in [0.05, 0.1) is 19.7 Å². The van der Waals surface area contributed by atoms with Crippen LogP contribution in [-0.4, -0.2) is 55.0 Å². The van der Waals surface area contributed by atoms with Crippen molar-refractivity contribution < 1.29 is 37.0 Å². The summed E-state index contributed by atoms with van der Waals surface area (Å²) in [6.07, 6.45) is -0.141. The van der Waals surface area contributed by atoms with Crippen molar-refractivity contribution in [3.05, 3.63) is 29.6 Å². The van der Waals surface area contributed by atoms with Gasteiger partial charge in [0.1, 0.15) is 18.2 Å². The van der Waals surface area contributed by atoms with Crippen LogP contribution < -0.4 is 10.1 Å². The third-order valence-electron chi connectivity index (χ3n) is 5.03. The lowest BCUT2D eigenvalue weighted by Gasteiger charge is -2.46. The number of hydrogen-bond donors (Lipinski definition) is 1. The molecule has 1 aromatic rings. The van der Waals surface area contributed by atoms with Gasteiger partial charge in [0, 0.05) is 0 Å². The van der Waals surface area contributed by atoms with Crippen LogP contribution >= 0.6 is 0 Å². The van der Waals surface area contributed by atoms with Crippen LogP contribution in [0.2, 0.25) is 0 Å². The standard InChI is InChI=1S/C17H17F3N2O5/c18-11-1-2-12(14(20)13(11)19)25-5-9-3-10(4-9)27-16(24)22-6-17(7-22)8-26-15(23)21-17/h1-2,9-10H,3-8H2,(H,21,23)/t9-,10-. The first-order valence-electron chi connectivity index (χ1n) is 8.52. The van der Waals surface area contributed by atoms with Crippen LogP contribution in [0.25, 0.3) is 0 Å². The largest absolute Gasteiger partial charge is 0.490 e. The van der Waals surface area contributed by atoms with Crippen molar-refractivity contribution in [3.63, 3.8) is 0 Å². The number of hydrogen-bond acceptors (Lipinski definition) is 5. The van der Waals surface area contributed by atoms with Crippen LogP contribution in [0.5, 0.6) is 5.75 Å². The summed E-state index contributed by atoms with van der Waals surface area (Å²) in [5, 5.41) is 2.68. The number of ether oxygens (including phenoxy) is 3.